The molecule has 0 spiro atoms. The fourth-order valence-electron chi connectivity index (χ4n) is 2.18. The molecule has 0 aliphatic carbocycles. The van der Waals surface area contributed by atoms with Gasteiger partial charge in [0.1, 0.15) is 5.82 Å². The maximum atomic E-state index is 4.59. The molecule has 3 N–H and O–H groups in total. The highest BCUT2D eigenvalue weighted by Crippen LogP contribution is 2.22. The molecule has 0 saturated heterocycles. The molecule has 6 heteroatoms. The van der Waals surface area contributed by atoms with Gasteiger partial charge in [0.15, 0.2) is 5.65 Å². The molecule has 2 aromatic rings. The quantitative estimate of drug-likeness (QED) is 0.724. The van der Waals surface area contributed by atoms with Crippen LogP contribution in [0.2, 0.25) is 0 Å². The third-order valence-electron chi connectivity index (χ3n) is 3.41. The number of rotatable bonds is 7. The summed E-state index contributed by atoms with van der Waals surface area (Å²) in [6.07, 6.45) is 3.86. The van der Waals surface area contributed by atoms with Gasteiger partial charge in [0.2, 0.25) is 5.95 Å². The number of nitrogens with one attached hydrogen (secondary N) is 3. The molecule has 0 radical (unpaired) electrons. The van der Waals surface area contributed by atoms with Crippen LogP contribution in [-0.2, 0) is 0 Å². The van der Waals surface area contributed by atoms with Gasteiger partial charge in [-0.3, -0.25) is 5.10 Å². The van der Waals surface area contributed by atoms with Crippen LogP contribution < -0.4 is 10.6 Å². The average Bonchev–Trinajstić information content (AvgIpc) is 2.90. The third kappa shape index (κ3) is 3.18. The Morgan fingerprint density at radius 1 is 1.25 bits per heavy atom. The van der Waals surface area contributed by atoms with E-state index in [2.05, 4.69) is 58.5 Å². The van der Waals surface area contributed by atoms with Crippen molar-refractivity contribution in [2.24, 2.45) is 5.92 Å². The topological polar surface area (TPSA) is 78.5 Å². The molecule has 1 atom stereocenters. The van der Waals surface area contributed by atoms with E-state index in [1.807, 2.05) is 0 Å². The van der Waals surface area contributed by atoms with E-state index >= 15 is 0 Å². The first-order valence-electron chi connectivity index (χ1n) is 7.37. The first-order chi connectivity index (χ1) is 9.65. The molecule has 0 saturated carbocycles. The van der Waals surface area contributed by atoms with Crippen molar-refractivity contribution in [1.82, 2.24) is 20.2 Å². The zero-order valence-electron chi connectivity index (χ0n) is 12.7. The minimum absolute atomic E-state index is 0.391. The van der Waals surface area contributed by atoms with Crippen molar-refractivity contribution in [2.75, 3.05) is 17.2 Å². The van der Waals surface area contributed by atoms with Gasteiger partial charge in [0.25, 0.3) is 0 Å². The van der Waals surface area contributed by atoms with Gasteiger partial charge < -0.3 is 10.6 Å². The Morgan fingerprint density at radius 3 is 2.70 bits per heavy atom. The van der Waals surface area contributed by atoms with E-state index in [9.17, 15) is 0 Å². The van der Waals surface area contributed by atoms with Crippen LogP contribution in [0.3, 0.4) is 0 Å². The fraction of sp³-hybridized carbons (Fsp3) is 0.643. The summed E-state index contributed by atoms with van der Waals surface area (Å²) < 4.78 is 0. The summed E-state index contributed by atoms with van der Waals surface area (Å²) in [5.74, 6) is 2.04. The summed E-state index contributed by atoms with van der Waals surface area (Å²) in [5, 5.41) is 14.7. The number of fused-ring (bicyclic) bond motifs is 1. The predicted octanol–water partition coefficient (Wildman–Crippen LogP) is 3.02. The van der Waals surface area contributed by atoms with Crippen LogP contribution in [0.4, 0.5) is 11.8 Å². The molecule has 0 fully saturated rings. The van der Waals surface area contributed by atoms with Crippen molar-refractivity contribution >= 4 is 22.8 Å². The number of anilines is 2. The predicted molar refractivity (Wildman–Crippen MR) is 83.0 cm³/mol. The van der Waals surface area contributed by atoms with Gasteiger partial charge in [-0.15, -0.1) is 0 Å². The monoisotopic (exact) mass is 276 g/mol. The molecular weight excluding hydrogens is 252 g/mol. The highest BCUT2D eigenvalue weighted by atomic mass is 15.2. The highest BCUT2D eigenvalue weighted by Gasteiger charge is 2.15. The second-order valence-corrected chi connectivity index (χ2v) is 5.36. The lowest BCUT2D eigenvalue weighted by Crippen LogP contribution is -2.25. The number of aromatic nitrogens is 4. The molecule has 110 valence electrons. The van der Waals surface area contributed by atoms with Crippen LogP contribution in [0.5, 0.6) is 0 Å². The summed E-state index contributed by atoms with van der Waals surface area (Å²) in [6.45, 7) is 9.59. The SMILES string of the molecule is CCCNc1nc(NC(CC)C(C)C)c2cn[nH]c2n1. The number of nitrogens with zero attached hydrogens (tertiary/aromatic N) is 3. The lowest BCUT2D eigenvalue weighted by Gasteiger charge is -2.21. The third-order valence-corrected chi connectivity index (χ3v) is 3.41. The first-order valence-corrected chi connectivity index (χ1v) is 7.37. The van der Waals surface area contributed by atoms with Gasteiger partial charge in [0.05, 0.1) is 11.6 Å². The molecule has 2 rings (SSSR count). The second-order valence-electron chi connectivity index (χ2n) is 5.36. The summed E-state index contributed by atoms with van der Waals surface area (Å²) in [4.78, 5) is 9.02. The van der Waals surface area contributed by atoms with Crippen molar-refractivity contribution in [3.05, 3.63) is 6.20 Å². The largest absolute Gasteiger partial charge is 0.366 e. The number of aromatic amines is 1. The molecule has 2 heterocycles. The summed E-state index contributed by atoms with van der Waals surface area (Å²) in [5.41, 5.74) is 0.764. The first kappa shape index (κ1) is 14.6. The van der Waals surface area contributed by atoms with Crippen LogP contribution >= 0.6 is 0 Å². The highest BCUT2D eigenvalue weighted by molar-refractivity contribution is 5.87. The van der Waals surface area contributed by atoms with Gasteiger partial charge >= 0.3 is 0 Å². The van der Waals surface area contributed by atoms with Gasteiger partial charge in [-0.25, -0.2) is 0 Å². The lowest BCUT2D eigenvalue weighted by molar-refractivity contribution is 0.510. The fourth-order valence-corrected chi connectivity index (χ4v) is 2.18. The van der Waals surface area contributed by atoms with Crippen LogP contribution in [0, 0.1) is 5.92 Å². The second kappa shape index (κ2) is 6.54. The van der Waals surface area contributed by atoms with Gasteiger partial charge in [-0.2, -0.15) is 15.1 Å². The number of H-pyrrole nitrogens is 1. The Kier molecular flexibility index (Phi) is 4.76. The van der Waals surface area contributed by atoms with Crippen molar-refractivity contribution < 1.29 is 0 Å². The molecule has 0 bridgehead atoms. The summed E-state index contributed by atoms with van der Waals surface area (Å²) in [6, 6.07) is 0.391. The van der Waals surface area contributed by atoms with Gasteiger partial charge in [-0.1, -0.05) is 27.7 Å². The van der Waals surface area contributed by atoms with Crippen molar-refractivity contribution in [2.45, 2.75) is 46.6 Å². The smallest absolute Gasteiger partial charge is 0.226 e. The molecule has 0 aliphatic heterocycles. The zero-order valence-corrected chi connectivity index (χ0v) is 12.7. The van der Waals surface area contributed by atoms with Gasteiger partial charge in [-0.05, 0) is 18.8 Å². The Balaban J connectivity index is 2.31. The Morgan fingerprint density at radius 2 is 2.05 bits per heavy atom. The zero-order chi connectivity index (χ0) is 14.5. The minimum Gasteiger partial charge on any atom is -0.366 e. The standard InChI is InChI=1S/C14H24N6/c1-5-7-15-14-18-12(17-11(6-2)9(3)4)10-8-16-20-13(10)19-14/h8-9,11H,5-7H2,1-4H3,(H3,15,16,17,18,19,20). The van der Waals surface area contributed by atoms with E-state index in [-0.39, 0.29) is 0 Å². The summed E-state index contributed by atoms with van der Waals surface area (Å²) in [7, 11) is 0. The molecule has 0 aliphatic rings. The van der Waals surface area contributed by atoms with E-state index in [0.717, 1.165) is 36.2 Å². The van der Waals surface area contributed by atoms with E-state index in [1.165, 1.54) is 0 Å². The average molecular weight is 276 g/mol. The van der Waals surface area contributed by atoms with E-state index in [4.69, 9.17) is 0 Å². The lowest BCUT2D eigenvalue weighted by atomic mass is 10.0. The molecule has 1 unspecified atom stereocenters. The molecule has 20 heavy (non-hydrogen) atoms. The number of hydrogen-bond donors (Lipinski definition) is 3. The van der Waals surface area contributed by atoms with Crippen molar-refractivity contribution in [3.8, 4) is 0 Å². The molecular formula is C14H24N6. The maximum absolute atomic E-state index is 4.59. The Labute approximate surface area is 119 Å². The van der Waals surface area contributed by atoms with Crippen LogP contribution in [0.1, 0.15) is 40.5 Å². The Hall–Kier alpha value is -1.85. The maximum Gasteiger partial charge on any atom is 0.226 e. The van der Waals surface area contributed by atoms with Crippen LogP contribution in [0.15, 0.2) is 6.20 Å². The summed E-state index contributed by atoms with van der Waals surface area (Å²) >= 11 is 0. The molecule has 0 aromatic carbocycles. The normalized spacial score (nSPS) is 12.8. The van der Waals surface area contributed by atoms with E-state index in [0.29, 0.717) is 17.9 Å². The number of hydrogen-bond acceptors (Lipinski definition) is 5. The Bertz CT molecular complexity index is 548. The van der Waals surface area contributed by atoms with E-state index < -0.39 is 0 Å². The minimum atomic E-state index is 0.391. The van der Waals surface area contributed by atoms with Crippen LogP contribution in [-0.4, -0.2) is 32.8 Å². The molecule has 2 aromatic heterocycles. The van der Waals surface area contributed by atoms with Crippen molar-refractivity contribution in [1.29, 1.82) is 0 Å². The van der Waals surface area contributed by atoms with Gasteiger partial charge in [0, 0.05) is 12.6 Å². The van der Waals surface area contributed by atoms with E-state index in [1.54, 1.807) is 6.20 Å². The van der Waals surface area contributed by atoms with Crippen LogP contribution in [0.25, 0.3) is 11.0 Å². The molecule has 0 amide bonds. The molecule has 6 nitrogen and oxygen atoms in total. The van der Waals surface area contributed by atoms with Crippen molar-refractivity contribution in [3.63, 3.8) is 0 Å².